The second-order valence-electron chi connectivity index (χ2n) is 5.97. The van der Waals surface area contributed by atoms with Crippen molar-refractivity contribution in [2.45, 2.75) is 18.2 Å². The predicted molar refractivity (Wildman–Crippen MR) is 89.0 cm³/mol. The van der Waals surface area contributed by atoms with Crippen LogP contribution < -0.4 is 9.64 Å². The molecular formula is C19H21NO3. The molecule has 0 aliphatic carbocycles. The predicted octanol–water partition coefficient (Wildman–Crippen LogP) is 3.04. The fourth-order valence-corrected chi connectivity index (χ4v) is 3.49. The van der Waals surface area contributed by atoms with Gasteiger partial charge in [-0.1, -0.05) is 30.3 Å². The number of anilines is 1. The number of ether oxygens (including phenoxy) is 3. The molecule has 23 heavy (non-hydrogen) atoms. The van der Waals surface area contributed by atoms with Gasteiger partial charge in [-0.3, -0.25) is 0 Å². The van der Waals surface area contributed by atoms with E-state index < -0.39 is 0 Å². The molecule has 0 amide bonds. The highest BCUT2D eigenvalue weighted by atomic mass is 16.7. The van der Waals surface area contributed by atoms with E-state index in [2.05, 4.69) is 47.4 Å². The van der Waals surface area contributed by atoms with Crippen molar-refractivity contribution in [3.05, 3.63) is 60.2 Å². The van der Waals surface area contributed by atoms with Gasteiger partial charge >= 0.3 is 0 Å². The van der Waals surface area contributed by atoms with E-state index in [4.69, 9.17) is 14.2 Å². The SMILES string of the molecule is COc1ccc(N2C[C@@H](c3ccccc3)[C@@H]2C2OCCO2)cc1. The number of hydrogen-bond acceptors (Lipinski definition) is 4. The van der Waals surface area contributed by atoms with E-state index >= 15 is 0 Å². The molecule has 0 bridgehead atoms. The van der Waals surface area contributed by atoms with E-state index in [0.717, 1.165) is 12.3 Å². The number of hydrogen-bond donors (Lipinski definition) is 0. The molecule has 4 heteroatoms. The zero-order chi connectivity index (χ0) is 15.6. The molecule has 0 saturated carbocycles. The first-order chi connectivity index (χ1) is 11.4. The van der Waals surface area contributed by atoms with Crippen molar-refractivity contribution in [2.24, 2.45) is 0 Å². The maximum Gasteiger partial charge on any atom is 0.178 e. The van der Waals surface area contributed by atoms with Crippen molar-refractivity contribution in [3.63, 3.8) is 0 Å². The van der Waals surface area contributed by atoms with Crippen molar-refractivity contribution in [3.8, 4) is 5.75 Å². The Morgan fingerprint density at radius 1 is 0.957 bits per heavy atom. The average Bonchev–Trinajstić information content (AvgIpc) is 3.09. The van der Waals surface area contributed by atoms with Crippen LogP contribution in [-0.4, -0.2) is 39.2 Å². The Kier molecular flexibility index (Phi) is 3.93. The highest BCUT2D eigenvalue weighted by Gasteiger charge is 2.47. The lowest BCUT2D eigenvalue weighted by atomic mass is 9.81. The molecule has 2 fully saturated rings. The van der Waals surface area contributed by atoms with Gasteiger partial charge in [0.15, 0.2) is 6.29 Å². The van der Waals surface area contributed by atoms with Gasteiger partial charge in [-0.05, 0) is 29.8 Å². The number of rotatable bonds is 4. The van der Waals surface area contributed by atoms with Gasteiger partial charge < -0.3 is 19.1 Å². The van der Waals surface area contributed by atoms with Crippen LogP contribution in [0.1, 0.15) is 11.5 Å². The molecule has 0 aromatic heterocycles. The van der Waals surface area contributed by atoms with Crippen molar-refractivity contribution in [1.29, 1.82) is 0 Å². The molecule has 0 spiro atoms. The number of methoxy groups -OCH3 is 1. The third-order valence-electron chi connectivity index (χ3n) is 4.72. The summed E-state index contributed by atoms with van der Waals surface area (Å²) in [6.07, 6.45) is -0.156. The van der Waals surface area contributed by atoms with E-state index in [1.165, 1.54) is 11.3 Å². The largest absolute Gasteiger partial charge is 0.497 e. The zero-order valence-electron chi connectivity index (χ0n) is 13.2. The third-order valence-corrected chi connectivity index (χ3v) is 4.72. The molecular weight excluding hydrogens is 290 g/mol. The minimum Gasteiger partial charge on any atom is -0.497 e. The fraction of sp³-hybridized carbons (Fsp3) is 0.368. The van der Waals surface area contributed by atoms with Crippen LogP contribution >= 0.6 is 0 Å². The molecule has 2 saturated heterocycles. The van der Waals surface area contributed by atoms with Gasteiger partial charge in [0.1, 0.15) is 5.75 Å². The quantitative estimate of drug-likeness (QED) is 0.868. The average molecular weight is 311 g/mol. The van der Waals surface area contributed by atoms with Gasteiger partial charge in [0.05, 0.1) is 26.4 Å². The lowest BCUT2D eigenvalue weighted by Gasteiger charge is -2.51. The summed E-state index contributed by atoms with van der Waals surface area (Å²) in [5.74, 6) is 1.31. The van der Waals surface area contributed by atoms with Crippen LogP contribution in [0.2, 0.25) is 0 Å². The summed E-state index contributed by atoms with van der Waals surface area (Å²) >= 11 is 0. The second-order valence-corrected chi connectivity index (χ2v) is 5.97. The van der Waals surface area contributed by atoms with Crippen LogP contribution in [0.3, 0.4) is 0 Å². The molecule has 2 aliphatic heterocycles. The van der Waals surface area contributed by atoms with Gasteiger partial charge in [0.2, 0.25) is 0 Å². The maximum absolute atomic E-state index is 5.82. The lowest BCUT2D eigenvalue weighted by Crippen LogP contribution is -2.60. The summed E-state index contributed by atoms with van der Waals surface area (Å²) in [5, 5.41) is 0. The monoisotopic (exact) mass is 311 g/mol. The lowest BCUT2D eigenvalue weighted by molar-refractivity contribution is -0.0777. The zero-order valence-corrected chi connectivity index (χ0v) is 13.2. The van der Waals surface area contributed by atoms with Gasteiger partial charge in [0.25, 0.3) is 0 Å². The molecule has 4 nitrogen and oxygen atoms in total. The molecule has 0 unspecified atom stereocenters. The Bertz CT molecular complexity index is 637. The number of nitrogens with zero attached hydrogens (tertiary/aromatic N) is 1. The van der Waals surface area contributed by atoms with Crippen molar-refractivity contribution >= 4 is 5.69 Å². The summed E-state index contributed by atoms with van der Waals surface area (Å²) in [6, 6.07) is 19.0. The van der Waals surface area contributed by atoms with Crippen LogP contribution in [0.4, 0.5) is 5.69 Å². The minimum atomic E-state index is -0.156. The Labute approximate surface area is 136 Å². The van der Waals surface area contributed by atoms with Crippen LogP contribution in [0.25, 0.3) is 0 Å². The first-order valence-electron chi connectivity index (χ1n) is 8.05. The standard InChI is InChI=1S/C19H21NO3/c1-21-16-9-7-15(8-10-16)20-13-17(14-5-3-2-4-6-14)18(20)19-22-11-12-23-19/h2-10,17-19H,11-13H2,1H3/t17-,18+/m0/s1. The third kappa shape index (κ3) is 2.69. The summed E-state index contributed by atoms with van der Waals surface area (Å²) in [7, 11) is 1.69. The van der Waals surface area contributed by atoms with Crippen molar-refractivity contribution in [2.75, 3.05) is 31.8 Å². The summed E-state index contributed by atoms with van der Waals surface area (Å²) < 4.78 is 16.9. The smallest absolute Gasteiger partial charge is 0.178 e. The van der Waals surface area contributed by atoms with Gasteiger partial charge in [0, 0.05) is 18.2 Å². The summed E-state index contributed by atoms with van der Waals surface area (Å²) in [6.45, 7) is 2.34. The van der Waals surface area contributed by atoms with E-state index in [1.807, 2.05) is 12.1 Å². The van der Waals surface area contributed by atoms with Crippen molar-refractivity contribution < 1.29 is 14.2 Å². The van der Waals surface area contributed by atoms with Crippen LogP contribution in [0.5, 0.6) is 5.75 Å². The number of benzene rings is 2. The molecule has 2 aromatic carbocycles. The van der Waals surface area contributed by atoms with E-state index in [1.54, 1.807) is 7.11 Å². The molecule has 0 N–H and O–H groups in total. The van der Waals surface area contributed by atoms with E-state index in [0.29, 0.717) is 19.1 Å². The first-order valence-corrected chi connectivity index (χ1v) is 8.05. The Morgan fingerprint density at radius 2 is 1.65 bits per heavy atom. The Balaban J connectivity index is 1.59. The molecule has 2 aliphatic rings. The second kappa shape index (κ2) is 6.22. The Hall–Kier alpha value is -2.04. The molecule has 2 aromatic rings. The molecule has 2 heterocycles. The van der Waals surface area contributed by atoms with Crippen LogP contribution in [0.15, 0.2) is 54.6 Å². The van der Waals surface area contributed by atoms with Gasteiger partial charge in [-0.15, -0.1) is 0 Å². The summed E-state index contributed by atoms with van der Waals surface area (Å²) in [5.41, 5.74) is 2.53. The van der Waals surface area contributed by atoms with Gasteiger partial charge in [-0.25, -0.2) is 0 Å². The van der Waals surface area contributed by atoms with E-state index in [9.17, 15) is 0 Å². The van der Waals surface area contributed by atoms with Crippen LogP contribution in [-0.2, 0) is 9.47 Å². The highest BCUT2D eigenvalue weighted by Crippen LogP contribution is 2.41. The highest BCUT2D eigenvalue weighted by molar-refractivity contribution is 5.55. The minimum absolute atomic E-state index is 0.156. The molecule has 2 atom stereocenters. The molecule has 0 radical (unpaired) electrons. The molecule has 4 rings (SSSR count). The molecule has 120 valence electrons. The first kappa shape index (κ1) is 14.5. The van der Waals surface area contributed by atoms with E-state index in [-0.39, 0.29) is 12.3 Å². The topological polar surface area (TPSA) is 30.9 Å². The fourth-order valence-electron chi connectivity index (χ4n) is 3.49. The maximum atomic E-state index is 5.82. The van der Waals surface area contributed by atoms with Crippen molar-refractivity contribution in [1.82, 2.24) is 0 Å². The summed E-state index contributed by atoms with van der Waals surface area (Å²) in [4.78, 5) is 2.37. The van der Waals surface area contributed by atoms with Crippen LogP contribution in [0, 0.1) is 0 Å². The normalized spacial score (nSPS) is 24.5. The Morgan fingerprint density at radius 3 is 2.30 bits per heavy atom. The van der Waals surface area contributed by atoms with Gasteiger partial charge in [-0.2, -0.15) is 0 Å².